The maximum Gasteiger partial charge on any atom is 0.242 e. The van der Waals surface area contributed by atoms with Gasteiger partial charge < -0.3 is 4.90 Å². The smallest absolute Gasteiger partial charge is 0.242 e. The summed E-state index contributed by atoms with van der Waals surface area (Å²) in [4.78, 5) is 14.0. The monoisotopic (exact) mass is 296 g/mol. The number of nitrogens with zero attached hydrogens (tertiary/aromatic N) is 2. The van der Waals surface area contributed by atoms with Gasteiger partial charge in [0.25, 0.3) is 0 Å². The first kappa shape index (κ1) is 15.0. The van der Waals surface area contributed by atoms with Crippen molar-refractivity contribution in [2.75, 3.05) is 30.8 Å². The Morgan fingerprint density at radius 3 is 2.70 bits per heavy atom. The van der Waals surface area contributed by atoms with E-state index >= 15 is 0 Å². The topological polar surface area (TPSA) is 57.7 Å². The number of hydrogen-bond donors (Lipinski definition) is 0. The molecule has 6 heteroatoms. The lowest BCUT2D eigenvalue weighted by Gasteiger charge is -2.23. The van der Waals surface area contributed by atoms with E-state index in [4.69, 9.17) is 0 Å². The third-order valence-corrected chi connectivity index (χ3v) is 4.69. The molecule has 1 aliphatic rings. The van der Waals surface area contributed by atoms with Gasteiger partial charge in [-0.15, -0.1) is 0 Å². The molecule has 0 N–H and O–H groups in total. The summed E-state index contributed by atoms with van der Waals surface area (Å²) in [5.74, 6) is -0.158. The Kier molecular flexibility index (Phi) is 4.45. The molecule has 5 nitrogen and oxygen atoms in total. The Balaban J connectivity index is 2.13. The molecule has 1 amide bonds. The number of rotatable bonds is 5. The van der Waals surface area contributed by atoms with Crippen LogP contribution in [0.4, 0.5) is 5.69 Å². The van der Waals surface area contributed by atoms with Crippen molar-refractivity contribution >= 4 is 21.6 Å². The molecule has 0 aromatic heterocycles. The second-order valence-corrected chi connectivity index (χ2v) is 7.00. The van der Waals surface area contributed by atoms with E-state index in [1.807, 2.05) is 31.2 Å². The zero-order chi connectivity index (χ0) is 14.8. The van der Waals surface area contributed by atoms with E-state index in [-0.39, 0.29) is 12.5 Å². The quantitative estimate of drug-likeness (QED) is 0.821. The molecule has 0 saturated heterocycles. The van der Waals surface area contributed by atoms with Crippen molar-refractivity contribution in [1.82, 2.24) is 4.31 Å². The molecule has 0 unspecified atom stereocenters. The Hall–Kier alpha value is -1.40. The Labute approximate surface area is 120 Å². The summed E-state index contributed by atoms with van der Waals surface area (Å²) in [7, 11) is -3.34. The van der Waals surface area contributed by atoms with Gasteiger partial charge in [-0.05, 0) is 24.5 Å². The molecule has 0 radical (unpaired) electrons. The molecule has 0 aliphatic carbocycles. The van der Waals surface area contributed by atoms with Crippen LogP contribution in [0.1, 0.15) is 18.9 Å². The number of sulfonamides is 1. The summed E-state index contributed by atoms with van der Waals surface area (Å²) in [5.41, 5.74) is 2.05. The van der Waals surface area contributed by atoms with E-state index in [0.29, 0.717) is 19.5 Å². The third-order valence-electron chi connectivity index (χ3n) is 3.44. The fourth-order valence-electron chi connectivity index (χ4n) is 2.45. The predicted octanol–water partition coefficient (Wildman–Crippen LogP) is 1.25. The van der Waals surface area contributed by atoms with Crippen molar-refractivity contribution in [1.29, 1.82) is 0 Å². The van der Waals surface area contributed by atoms with Crippen LogP contribution in [0.5, 0.6) is 0 Å². The van der Waals surface area contributed by atoms with Gasteiger partial charge in [-0.1, -0.05) is 25.1 Å². The van der Waals surface area contributed by atoms with Gasteiger partial charge in [-0.25, -0.2) is 8.42 Å². The van der Waals surface area contributed by atoms with Gasteiger partial charge in [0.1, 0.15) is 0 Å². The average molecular weight is 296 g/mol. The van der Waals surface area contributed by atoms with Crippen LogP contribution >= 0.6 is 0 Å². The normalized spacial score (nSPS) is 14.7. The van der Waals surface area contributed by atoms with E-state index in [2.05, 4.69) is 0 Å². The summed E-state index contributed by atoms with van der Waals surface area (Å²) in [6, 6.07) is 7.76. The van der Waals surface area contributed by atoms with Gasteiger partial charge in [0.05, 0.1) is 12.8 Å². The second-order valence-electron chi connectivity index (χ2n) is 5.02. The fourth-order valence-corrected chi connectivity index (χ4v) is 3.30. The highest BCUT2D eigenvalue weighted by molar-refractivity contribution is 7.88. The number of fused-ring (bicyclic) bond motifs is 1. The van der Waals surface area contributed by atoms with Gasteiger partial charge in [0.2, 0.25) is 15.9 Å². The molecule has 0 fully saturated rings. The summed E-state index contributed by atoms with van der Waals surface area (Å²) >= 11 is 0. The first-order valence-electron chi connectivity index (χ1n) is 6.77. The van der Waals surface area contributed by atoms with Crippen molar-refractivity contribution in [3.8, 4) is 0 Å². The largest absolute Gasteiger partial charge is 0.311 e. The lowest BCUT2D eigenvalue weighted by molar-refractivity contribution is -0.118. The molecule has 1 aromatic rings. The SMILES string of the molecule is CCCN(CC(=O)N1CCc2ccccc21)S(C)(=O)=O. The molecule has 0 saturated carbocycles. The van der Waals surface area contributed by atoms with E-state index in [1.165, 1.54) is 4.31 Å². The molecule has 0 spiro atoms. The molecule has 20 heavy (non-hydrogen) atoms. The van der Waals surface area contributed by atoms with Crippen molar-refractivity contribution in [3.05, 3.63) is 29.8 Å². The van der Waals surface area contributed by atoms with Gasteiger partial charge in [0, 0.05) is 18.8 Å². The molecule has 0 atom stereocenters. The molecule has 1 heterocycles. The first-order chi connectivity index (χ1) is 9.43. The van der Waals surface area contributed by atoms with Crippen LogP contribution in [0.2, 0.25) is 0 Å². The van der Waals surface area contributed by atoms with Crippen molar-refractivity contribution in [2.24, 2.45) is 0 Å². The Morgan fingerprint density at radius 2 is 2.05 bits per heavy atom. The number of amides is 1. The summed E-state index contributed by atoms with van der Waals surface area (Å²) in [5, 5.41) is 0. The molecule has 1 aromatic carbocycles. The summed E-state index contributed by atoms with van der Waals surface area (Å²) in [6.45, 7) is 2.82. The van der Waals surface area contributed by atoms with Crippen LogP contribution < -0.4 is 4.90 Å². The van der Waals surface area contributed by atoms with Crippen LogP contribution in [0.25, 0.3) is 0 Å². The lowest BCUT2D eigenvalue weighted by atomic mass is 10.2. The fraction of sp³-hybridized carbons (Fsp3) is 0.500. The highest BCUT2D eigenvalue weighted by Crippen LogP contribution is 2.27. The lowest BCUT2D eigenvalue weighted by Crippen LogP contribution is -2.42. The maximum absolute atomic E-state index is 12.4. The number of carbonyl (C=O) groups excluding carboxylic acids is 1. The van der Waals surface area contributed by atoms with Crippen LogP contribution in [0, 0.1) is 0 Å². The average Bonchev–Trinajstić information content (AvgIpc) is 2.81. The maximum atomic E-state index is 12.4. The zero-order valence-electron chi connectivity index (χ0n) is 11.9. The van der Waals surface area contributed by atoms with Gasteiger partial charge in [0.15, 0.2) is 0 Å². The second kappa shape index (κ2) is 5.93. The predicted molar refractivity (Wildman–Crippen MR) is 79.2 cm³/mol. The molecule has 2 rings (SSSR count). The standard InChI is InChI=1S/C14H20N2O3S/c1-3-9-15(20(2,18)19)11-14(17)16-10-8-12-6-4-5-7-13(12)16/h4-7H,3,8-11H2,1-2H3. The highest BCUT2D eigenvalue weighted by atomic mass is 32.2. The van der Waals surface area contributed by atoms with E-state index in [9.17, 15) is 13.2 Å². The van der Waals surface area contributed by atoms with E-state index < -0.39 is 10.0 Å². The van der Waals surface area contributed by atoms with Gasteiger partial charge >= 0.3 is 0 Å². The van der Waals surface area contributed by atoms with Crippen molar-refractivity contribution < 1.29 is 13.2 Å². The first-order valence-corrected chi connectivity index (χ1v) is 8.61. The summed E-state index contributed by atoms with van der Waals surface area (Å²) in [6.07, 6.45) is 2.67. The van der Waals surface area contributed by atoms with Crippen molar-refractivity contribution in [2.45, 2.75) is 19.8 Å². The molecular formula is C14H20N2O3S. The summed E-state index contributed by atoms with van der Waals surface area (Å²) < 4.78 is 24.6. The molecular weight excluding hydrogens is 276 g/mol. The van der Waals surface area contributed by atoms with E-state index in [0.717, 1.165) is 23.9 Å². The number of para-hydroxylation sites is 1. The zero-order valence-corrected chi connectivity index (χ0v) is 12.7. The van der Waals surface area contributed by atoms with E-state index in [1.54, 1.807) is 4.90 Å². The van der Waals surface area contributed by atoms with Gasteiger partial charge in [-0.2, -0.15) is 4.31 Å². The van der Waals surface area contributed by atoms with Crippen LogP contribution in [-0.4, -0.2) is 44.5 Å². The molecule has 110 valence electrons. The Bertz CT molecular complexity index is 598. The minimum Gasteiger partial charge on any atom is -0.311 e. The molecule has 1 aliphatic heterocycles. The van der Waals surface area contributed by atoms with Crippen LogP contribution in [0.15, 0.2) is 24.3 Å². The Morgan fingerprint density at radius 1 is 1.35 bits per heavy atom. The van der Waals surface area contributed by atoms with Crippen LogP contribution in [0.3, 0.4) is 0 Å². The van der Waals surface area contributed by atoms with Crippen molar-refractivity contribution in [3.63, 3.8) is 0 Å². The highest BCUT2D eigenvalue weighted by Gasteiger charge is 2.27. The van der Waals surface area contributed by atoms with Crippen LogP contribution in [-0.2, 0) is 21.2 Å². The number of carbonyl (C=O) groups is 1. The minimum absolute atomic E-state index is 0.0823. The number of anilines is 1. The molecule has 0 bridgehead atoms. The number of hydrogen-bond acceptors (Lipinski definition) is 3. The minimum atomic E-state index is -3.34. The van der Waals surface area contributed by atoms with Gasteiger partial charge in [-0.3, -0.25) is 4.79 Å². The number of benzene rings is 1. The third kappa shape index (κ3) is 3.19.